The van der Waals surface area contributed by atoms with E-state index in [1.165, 1.54) is 0 Å². The zero-order valence-corrected chi connectivity index (χ0v) is 8.98. The molecule has 0 unspecified atom stereocenters. The van der Waals surface area contributed by atoms with Crippen LogP contribution in [0, 0.1) is 12.8 Å². The van der Waals surface area contributed by atoms with Crippen molar-refractivity contribution in [2.24, 2.45) is 5.92 Å². The molecule has 0 aromatic carbocycles. The van der Waals surface area contributed by atoms with Crippen molar-refractivity contribution < 1.29 is 9.32 Å². The number of hydrogen-bond donors (Lipinski definition) is 0. The van der Waals surface area contributed by atoms with Crippen molar-refractivity contribution >= 4 is 6.29 Å². The molecule has 1 aliphatic rings. The summed E-state index contributed by atoms with van der Waals surface area (Å²) in [5.74, 6) is 1.18. The Labute approximate surface area is 89.2 Å². The van der Waals surface area contributed by atoms with Gasteiger partial charge in [-0.25, -0.2) is 0 Å². The summed E-state index contributed by atoms with van der Waals surface area (Å²) in [4.78, 5) is 12.9. The molecule has 0 radical (unpaired) electrons. The Hall–Kier alpha value is -1.16. The third-order valence-electron chi connectivity index (χ3n) is 2.88. The number of piperidine rings is 1. The van der Waals surface area contributed by atoms with E-state index in [1.807, 2.05) is 13.0 Å². The summed E-state index contributed by atoms with van der Waals surface area (Å²) in [6.45, 7) is 4.68. The van der Waals surface area contributed by atoms with Gasteiger partial charge in [0.25, 0.3) is 0 Å². The third-order valence-corrected chi connectivity index (χ3v) is 2.88. The van der Waals surface area contributed by atoms with Gasteiger partial charge in [-0.1, -0.05) is 5.16 Å². The highest BCUT2D eigenvalue weighted by Gasteiger charge is 2.19. The van der Waals surface area contributed by atoms with Crippen LogP contribution in [0.25, 0.3) is 0 Å². The van der Waals surface area contributed by atoms with Gasteiger partial charge >= 0.3 is 0 Å². The first-order valence-corrected chi connectivity index (χ1v) is 5.38. The van der Waals surface area contributed by atoms with Crippen LogP contribution in [0.3, 0.4) is 0 Å². The summed E-state index contributed by atoms with van der Waals surface area (Å²) in [5.41, 5.74) is 0.924. The van der Waals surface area contributed by atoms with Crippen molar-refractivity contribution in [3.05, 3.63) is 17.5 Å². The summed E-state index contributed by atoms with van der Waals surface area (Å²) in [6.07, 6.45) is 3.02. The fraction of sp³-hybridized carbons (Fsp3) is 0.636. The van der Waals surface area contributed by atoms with E-state index in [0.717, 1.165) is 50.2 Å². The number of carbonyl (C=O) groups excluding carboxylic acids is 1. The van der Waals surface area contributed by atoms with Crippen LogP contribution < -0.4 is 0 Å². The number of carbonyl (C=O) groups is 1. The van der Waals surface area contributed by atoms with E-state index in [9.17, 15) is 4.79 Å². The number of rotatable bonds is 3. The van der Waals surface area contributed by atoms with Gasteiger partial charge in [0.2, 0.25) is 0 Å². The minimum atomic E-state index is 0.262. The Morgan fingerprint density at radius 3 is 2.87 bits per heavy atom. The predicted octanol–water partition coefficient (Wildman–Crippen LogP) is 1.39. The minimum Gasteiger partial charge on any atom is -0.360 e. The number of aryl methyl sites for hydroxylation is 1. The second-order valence-corrected chi connectivity index (χ2v) is 4.18. The lowest BCUT2D eigenvalue weighted by molar-refractivity contribution is -0.112. The van der Waals surface area contributed by atoms with E-state index >= 15 is 0 Å². The zero-order valence-electron chi connectivity index (χ0n) is 8.98. The highest BCUT2D eigenvalue weighted by atomic mass is 16.5. The van der Waals surface area contributed by atoms with E-state index in [4.69, 9.17) is 4.52 Å². The van der Waals surface area contributed by atoms with E-state index in [-0.39, 0.29) is 5.92 Å². The van der Waals surface area contributed by atoms with Gasteiger partial charge in [-0.15, -0.1) is 0 Å². The van der Waals surface area contributed by atoms with Crippen molar-refractivity contribution in [1.29, 1.82) is 0 Å². The van der Waals surface area contributed by atoms with Gasteiger partial charge in [0, 0.05) is 12.0 Å². The van der Waals surface area contributed by atoms with Gasteiger partial charge < -0.3 is 9.32 Å². The fourth-order valence-corrected chi connectivity index (χ4v) is 1.96. The van der Waals surface area contributed by atoms with Crippen LogP contribution in [0.2, 0.25) is 0 Å². The molecule has 15 heavy (non-hydrogen) atoms. The summed E-state index contributed by atoms with van der Waals surface area (Å²) in [6, 6.07) is 1.96. The van der Waals surface area contributed by atoms with Gasteiger partial charge in [0.05, 0.1) is 12.2 Å². The van der Waals surface area contributed by atoms with E-state index in [1.54, 1.807) is 0 Å². The second-order valence-electron chi connectivity index (χ2n) is 4.18. The maximum atomic E-state index is 10.6. The number of nitrogens with zero attached hydrogens (tertiary/aromatic N) is 2. The predicted molar refractivity (Wildman–Crippen MR) is 55.3 cm³/mol. The minimum absolute atomic E-state index is 0.262. The molecule has 0 spiro atoms. The van der Waals surface area contributed by atoms with E-state index in [2.05, 4.69) is 10.1 Å². The summed E-state index contributed by atoms with van der Waals surface area (Å²) in [7, 11) is 0. The molecule has 2 rings (SSSR count). The molecule has 2 heterocycles. The van der Waals surface area contributed by atoms with Crippen molar-refractivity contribution in [2.75, 3.05) is 13.1 Å². The molecule has 1 aromatic rings. The van der Waals surface area contributed by atoms with Crippen LogP contribution in [-0.2, 0) is 11.3 Å². The van der Waals surface area contributed by atoms with Gasteiger partial charge in [-0.3, -0.25) is 4.90 Å². The lowest BCUT2D eigenvalue weighted by Crippen LogP contribution is -2.33. The molecule has 0 atom stereocenters. The largest absolute Gasteiger partial charge is 0.360 e. The number of aromatic nitrogens is 1. The Bertz CT molecular complexity index is 327. The maximum absolute atomic E-state index is 10.6. The summed E-state index contributed by atoms with van der Waals surface area (Å²) in [5, 5.41) is 3.86. The molecule has 4 nitrogen and oxygen atoms in total. The summed E-state index contributed by atoms with van der Waals surface area (Å²) < 4.78 is 5.16. The molecular formula is C11H16N2O2. The standard InChI is InChI=1S/C11H16N2O2/c1-9-6-11(15-12-9)7-13-4-2-10(8-14)3-5-13/h6,8,10H,2-5,7H2,1H3. The van der Waals surface area contributed by atoms with Crippen molar-refractivity contribution in [2.45, 2.75) is 26.3 Å². The summed E-state index contributed by atoms with van der Waals surface area (Å²) >= 11 is 0. The highest BCUT2D eigenvalue weighted by Crippen LogP contribution is 2.17. The topological polar surface area (TPSA) is 46.3 Å². The molecule has 1 aromatic heterocycles. The molecule has 1 saturated heterocycles. The smallest absolute Gasteiger partial charge is 0.150 e. The van der Waals surface area contributed by atoms with Gasteiger partial charge in [0.1, 0.15) is 6.29 Å². The molecule has 0 aliphatic carbocycles. The Balaban J connectivity index is 1.84. The van der Waals surface area contributed by atoms with Gasteiger partial charge in [-0.05, 0) is 32.9 Å². The van der Waals surface area contributed by atoms with Crippen LogP contribution >= 0.6 is 0 Å². The first-order chi connectivity index (χ1) is 7.28. The first kappa shape index (κ1) is 10.4. The van der Waals surface area contributed by atoms with Crippen LogP contribution in [-0.4, -0.2) is 29.4 Å². The Kier molecular flexibility index (Phi) is 3.16. The fourth-order valence-electron chi connectivity index (χ4n) is 1.96. The molecule has 4 heteroatoms. The molecule has 1 aliphatic heterocycles. The van der Waals surface area contributed by atoms with Crippen LogP contribution in [0.4, 0.5) is 0 Å². The molecule has 1 fully saturated rings. The number of aldehydes is 1. The average molecular weight is 208 g/mol. The third kappa shape index (κ3) is 2.65. The van der Waals surface area contributed by atoms with Crippen molar-refractivity contribution in [3.63, 3.8) is 0 Å². The Morgan fingerprint density at radius 2 is 2.33 bits per heavy atom. The van der Waals surface area contributed by atoms with E-state index in [0.29, 0.717) is 0 Å². The maximum Gasteiger partial charge on any atom is 0.150 e. The van der Waals surface area contributed by atoms with Gasteiger partial charge in [-0.2, -0.15) is 0 Å². The van der Waals surface area contributed by atoms with Gasteiger partial charge in [0.15, 0.2) is 5.76 Å². The SMILES string of the molecule is Cc1cc(CN2CCC(C=O)CC2)on1. The van der Waals surface area contributed by atoms with Crippen LogP contribution in [0.5, 0.6) is 0 Å². The normalized spacial score (nSPS) is 19.3. The quantitative estimate of drug-likeness (QED) is 0.704. The molecule has 0 saturated carbocycles. The molecule has 0 bridgehead atoms. The average Bonchev–Trinajstić information content (AvgIpc) is 2.65. The lowest BCUT2D eigenvalue weighted by atomic mass is 9.99. The first-order valence-electron chi connectivity index (χ1n) is 5.38. The second kappa shape index (κ2) is 4.57. The molecule has 82 valence electrons. The van der Waals surface area contributed by atoms with Crippen molar-refractivity contribution in [3.8, 4) is 0 Å². The number of hydrogen-bond acceptors (Lipinski definition) is 4. The van der Waals surface area contributed by atoms with Crippen molar-refractivity contribution in [1.82, 2.24) is 10.1 Å². The number of likely N-dealkylation sites (tertiary alicyclic amines) is 1. The highest BCUT2D eigenvalue weighted by molar-refractivity contribution is 5.53. The van der Waals surface area contributed by atoms with Crippen LogP contribution in [0.1, 0.15) is 24.3 Å². The molecule has 0 amide bonds. The molecule has 0 N–H and O–H groups in total. The Morgan fingerprint density at radius 1 is 1.60 bits per heavy atom. The lowest BCUT2D eigenvalue weighted by Gasteiger charge is -2.28. The van der Waals surface area contributed by atoms with E-state index < -0.39 is 0 Å². The molecular weight excluding hydrogens is 192 g/mol. The zero-order chi connectivity index (χ0) is 10.7. The van der Waals surface area contributed by atoms with Crippen LogP contribution in [0.15, 0.2) is 10.6 Å². The monoisotopic (exact) mass is 208 g/mol.